The van der Waals surface area contributed by atoms with Gasteiger partial charge in [0.1, 0.15) is 11.6 Å². The van der Waals surface area contributed by atoms with E-state index in [1.807, 2.05) is 0 Å². The molecule has 1 rings (SSSR count). The Labute approximate surface area is 64.1 Å². The minimum absolute atomic E-state index is 0.104. The Morgan fingerprint density at radius 2 is 2.18 bits per heavy atom. The number of aryl methyl sites for hydroxylation is 1. The van der Waals surface area contributed by atoms with Gasteiger partial charge in [0, 0.05) is 11.7 Å². The average molecular weight is 153 g/mol. The maximum absolute atomic E-state index is 8.69. The van der Waals surface area contributed by atoms with E-state index in [1.165, 1.54) is 6.20 Å². The van der Waals surface area contributed by atoms with Gasteiger partial charge in [-0.25, -0.2) is 9.97 Å². The summed E-state index contributed by atoms with van der Waals surface area (Å²) in [5.41, 5.74) is 5.49. The number of aromatic nitrogens is 2. The maximum Gasteiger partial charge on any atom is 0.493 e. The van der Waals surface area contributed by atoms with Crippen molar-refractivity contribution in [3.05, 3.63) is 12.0 Å². The minimum Gasteiger partial charge on any atom is -0.423 e. The van der Waals surface area contributed by atoms with Gasteiger partial charge in [0.2, 0.25) is 0 Å². The third-order valence-corrected chi connectivity index (χ3v) is 1.25. The molecule has 1 aromatic heterocycles. The highest BCUT2D eigenvalue weighted by Crippen LogP contribution is 1.92. The van der Waals surface area contributed by atoms with Gasteiger partial charge in [-0.3, -0.25) is 0 Å². The lowest BCUT2D eigenvalue weighted by Gasteiger charge is -2.01. The van der Waals surface area contributed by atoms with Gasteiger partial charge in [-0.2, -0.15) is 0 Å². The molecular formula is C5H8BN3O2. The van der Waals surface area contributed by atoms with Crippen molar-refractivity contribution in [3.63, 3.8) is 0 Å². The first kappa shape index (κ1) is 7.97. The van der Waals surface area contributed by atoms with Gasteiger partial charge in [-0.15, -0.1) is 0 Å². The lowest BCUT2D eigenvalue weighted by atomic mass is 9.82. The van der Waals surface area contributed by atoms with Gasteiger partial charge in [-0.05, 0) is 6.92 Å². The molecule has 1 aromatic rings. The Morgan fingerprint density at radius 1 is 1.55 bits per heavy atom. The van der Waals surface area contributed by atoms with Gasteiger partial charge in [0.15, 0.2) is 0 Å². The molecule has 0 aliphatic carbocycles. The Kier molecular flexibility index (Phi) is 2.07. The van der Waals surface area contributed by atoms with Crippen LogP contribution >= 0.6 is 0 Å². The van der Waals surface area contributed by atoms with Crippen molar-refractivity contribution in [2.24, 2.45) is 0 Å². The molecule has 0 unspecified atom stereocenters. The minimum atomic E-state index is -1.60. The number of hydrogen-bond acceptors (Lipinski definition) is 5. The molecule has 58 valence electrons. The van der Waals surface area contributed by atoms with Crippen molar-refractivity contribution >= 4 is 18.4 Å². The first-order chi connectivity index (χ1) is 5.11. The molecule has 0 fully saturated rings. The molecule has 11 heavy (non-hydrogen) atoms. The quantitative estimate of drug-likeness (QED) is 0.407. The van der Waals surface area contributed by atoms with Crippen LogP contribution in [0.15, 0.2) is 6.20 Å². The van der Waals surface area contributed by atoms with Gasteiger partial charge in [0.05, 0.1) is 0 Å². The normalized spacial score (nSPS) is 9.73. The number of nitrogen functional groups attached to an aromatic ring is 1. The van der Waals surface area contributed by atoms with Crippen molar-refractivity contribution < 1.29 is 10.0 Å². The Morgan fingerprint density at radius 3 is 2.64 bits per heavy atom. The van der Waals surface area contributed by atoms with Gasteiger partial charge >= 0.3 is 7.12 Å². The molecule has 0 aliphatic rings. The van der Waals surface area contributed by atoms with E-state index in [0.717, 1.165) is 0 Å². The molecule has 0 spiro atoms. The van der Waals surface area contributed by atoms with Crippen LogP contribution in [-0.2, 0) is 0 Å². The molecule has 4 N–H and O–H groups in total. The van der Waals surface area contributed by atoms with Crippen molar-refractivity contribution in [1.82, 2.24) is 9.97 Å². The second kappa shape index (κ2) is 2.85. The molecule has 0 bridgehead atoms. The van der Waals surface area contributed by atoms with Crippen LogP contribution in [0.2, 0.25) is 0 Å². The summed E-state index contributed by atoms with van der Waals surface area (Å²) in [6.07, 6.45) is 1.29. The number of nitrogens with two attached hydrogens (primary N) is 1. The fraction of sp³-hybridized carbons (Fsp3) is 0.200. The summed E-state index contributed by atoms with van der Waals surface area (Å²) in [4.78, 5) is 7.49. The smallest absolute Gasteiger partial charge is 0.423 e. The molecule has 0 radical (unpaired) electrons. The number of rotatable bonds is 1. The lowest BCUT2D eigenvalue weighted by molar-refractivity contribution is 0.425. The molecule has 0 amide bonds. The summed E-state index contributed by atoms with van der Waals surface area (Å²) >= 11 is 0. The second-order valence-corrected chi connectivity index (χ2v) is 2.13. The van der Waals surface area contributed by atoms with Crippen LogP contribution in [0.4, 0.5) is 5.82 Å². The molecular weight excluding hydrogens is 145 g/mol. The summed E-state index contributed by atoms with van der Waals surface area (Å²) in [5.74, 6) is 0.611. The van der Waals surface area contributed by atoms with Crippen LogP contribution in [0.1, 0.15) is 5.82 Å². The third-order valence-electron chi connectivity index (χ3n) is 1.25. The van der Waals surface area contributed by atoms with Crippen molar-refractivity contribution in [2.45, 2.75) is 6.92 Å². The van der Waals surface area contributed by atoms with E-state index >= 15 is 0 Å². The van der Waals surface area contributed by atoms with Crippen LogP contribution in [0.5, 0.6) is 0 Å². The van der Waals surface area contributed by atoms with E-state index in [1.54, 1.807) is 6.92 Å². The highest BCUT2D eigenvalue weighted by Gasteiger charge is 2.15. The fourth-order valence-corrected chi connectivity index (χ4v) is 0.696. The van der Waals surface area contributed by atoms with Gasteiger partial charge in [-0.1, -0.05) is 0 Å². The third kappa shape index (κ3) is 1.66. The summed E-state index contributed by atoms with van der Waals surface area (Å²) in [6.45, 7) is 1.67. The molecule has 0 atom stereocenters. The Hall–Kier alpha value is -1.14. The summed E-state index contributed by atoms with van der Waals surface area (Å²) in [7, 11) is -1.60. The van der Waals surface area contributed by atoms with E-state index in [4.69, 9.17) is 15.8 Å². The van der Waals surface area contributed by atoms with Crippen LogP contribution < -0.4 is 11.2 Å². The standard InChI is InChI=1S/C5H8BN3O2/c1-3-8-2-4(6(10)11)5(7)9-3/h2,10-11H,1H3,(H2,7,8,9). The zero-order valence-corrected chi connectivity index (χ0v) is 6.02. The summed E-state index contributed by atoms with van der Waals surface area (Å²) in [5, 5.41) is 17.4. The van der Waals surface area contributed by atoms with E-state index in [2.05, 4.69) is 9.97 Å². The fourth-order valence-electron chi connectivity index (χ4n) is 0.696. The van der Waals surface area contributed by atoms with Crippen LogP contribution in [0, 0.1) is 6.92 Å². The van der Waals surface area contributed by atoms with E-state index in [0.29, 0.717) is 5.82 Å². The number of hydrogen-bond donors (Lipinski definition) is 3. The Bertz CT molecular complexity index is 266. The zero-order chi connectivity index (χ0) is 8.43. The molecule has 0 aliphatic heterocycles. The van der Waals surface area contributed by atoms with E-state index in [-0.39, 0.29) is 11.3 Å². The predicted molar refractivity (Wildman–Crippen MR) is 41.0 cm³/mol. The molecule has 0 aromatic carbocycles. The van der Waals surface area contributed by atoms with Crippen molar-refractivity contribution in [2.75, 3.05) is 5.73 Å². The summed E-state index contributed by atoms with van der Waals surface area (Å²) in [6, 6.07) is 0. The van der Waals surface area contributed by atoms with Crippen LogP contribution in [0.3, 0.4) is 0 Å². The largest absolute Gasteiger partial charge is 0.493 e. The maximum atomic E-state index is 8.69. The van der Waals surface area contributed by atoms with Crippen LogP contribution in [0.25, 0.3) is 0 Å². The van der Waals surface area contributed by atoms with E-state index < -0.39 is 7.12 Å². The summed E-state index contributed by atoms with van der Waals surface area (Å²) < 4.78 is 0. The molecule has 0 saturated heterocycles. The van der Waals surface area contributed by atoms with Crippen molar-refractivity contribution in [3.8, 4) is 0 Å². The molecule has 6 heteroatoms. The zero-order valence-electron chi connectivity index (χ0n) is 6.02. The van der Waals surface area contributed by atoms with Crippen LogP contribution in [-0.4, -0.2) is 27.1 Å². The van der Waals surface area contributed by atoms with Gasteiger partial charge < -0.3 is 15.8 Å². The lowest BCUT2D eigenvalue weighted by Crippen LogP contribution is -2.33. The first-order valence-corrected chi connectivity index (χ1v) is 3.06. The highest BCUT2D eigenvalue weighted by atomic mass is 16.4. The van der Waals surface area contributed by atoms with Crippen molar-refractivity contribution in [1.29, 1.82) is 0 Å². The highest BCUT2D eigenvalue weighted by molar-refractivity contribution is 6.60. The number of nitrogens with zero attached hydrogens (tertiary/aromatic N) is 2. The predicted octanol–water partition coefficient (Wildman–Crippen LogP) is -1.95. The Balaban J connectivity index is 3.09. The van der Waals surface area contributed by atoms with E-state index in [9.17, 15) is 0 Å². The SMILES string of the molecule is Cc1ncc(B(O)O)c(N)n1. The molecule has 5 nitrogen and oxygen atoms in total. The number of anilines is 1. The second-order valence-electron chi connectivity index (χ2n) is 2.13. The topological polar surface area (TPSA) is 92.3 Å². The van der Waals surface area contributed by atoms with Gasteiger partial charge in [0.25, 0.3) is 0 Å². The first-order valence-electron chi connectivity index (χ1n) is 3.06. The monoisotopic (exact) mass is 153 g/mol. The average Bonchev–Trinajstić information content (AvgIpc) is 1.85. The molecule has 0 saturated carbocycles. The molecule has 1 heterocycles.